The number of fused-ring (bicyclic) bond motifs is 1. The molecular weight excluding hydrogens is 190 g/mol. The maximum Gasteiger partial charge on any atom is 0.0345 e. The van der Waals surface area contributed by atoms with Crippen molar-refractivity contribution in [2.24, 2.45) is 0 Å². The molecule has 1 aromatic carbocycles. The fourth-order valence-electron chi connectivity index (χ4n) is 1.21. The van der Waals surface area contributed by atoms with Crippen LogP contribution in [0.5, 0.6) is 0 Å². The molecular formula is C12H17NS. The normalized spacial score (nSPS) is 9.64. The van der Waals surface area contributed by atoms with E-state index < -0.39 is 0 Å². The zero-order valence-electron chi connectivity index (χ0n) is 9.00. The summed E-state index contributed by atoms with van der Waals surface area (Å²) in [5, 5.41) is 4.13. The smallest absolute Gasteiger partial charge is 0.0345 e. The molecule has 0 spiro atoms. The summed E-state index contributed by atoms with van der Waals surface area (Å²) in [6.45, 7) is 2.20. The molecule has 1 nitrogen and oxygen atoms in total. The predicted octanol–water partition coefficient (Wildman–Crippen LogP) is 3.30. The van der Waals surface area contributed by atoms with Gasteiger partial charge in [-0.15, -0.1) is 11.3 Å². The van der Waals surface area contributed by atoms with Gasteiger partial charge in [0.15, 0.2) is 0 Å². The number of thiophene rings is 1. The lowest BCUT2D eigenvalue weighted by Crippen LogP contribution is -1.89. The third kappa shape index (κ3) is 2.82. The van der Waals surface area contributed by atoms with Crippen molar-refractivity contribution in [1.29, 1.82) is 0 Å². The molecule has 0 radical (unpaired) electrons. The molecule has 14 heavy (non-hydrogen) atoms. The summed E-state index contributed by atoms with van der Waals surface area (Å²) in [5.41, 5.74) is 0. The van der Waals surface area contributed by atoms with Gasteiger partial charge >= 0.3 is 0 Å². The van der Waals surface area contributed by atoms with Crippen molar-refractivity contribution in [1.82, 2.24) is 5.32 Å². The highest BCUT2D eigenvalue weighted by molar-refractivity contribution is 7.19. The zero-order valence-corrected chi connectivity index (χ0v) is 9.82. The predicted molar refractivity (Wildman–Crippen MR) is 66.2 cm³/mol. The summed E-state index contributed by atoms with van der Waals surface area (Å²) in [6.07, 6.45) is 1.15. The summed E-state index contributed by atoms with van der Waals surface area (Å²) >= 11 is 1.90. The molecule has 0 fully saturated rings. The summed E-state index contributed by atoms with van der Waals surface area (Å²) in [7, 11) is 3.75. The molecule has 2 rings (SSSR count). The lowest BCUT2D eigenvalue weighted by Gasteiger charge is -1.82. The van der Waals surface area contributed by atoms with Crippen LogP contribution in [0, 0.1) is 0 Å². The molecule has 0 unspecified atom stereocenters. The quantitative estimate of drug-likeness (QED) is 0.756. The highest BCUT2D eigenvalue weighted by atomic mass is 32.1. The topological polar surface area (TPSA) is 12.0 Å². The Morgan fingerprint density at radius 1 is 1.21 bits per heavy atom. The first-order chi connectivity index (χ1) is 6.81. The minimum absolute atomic E-state index is 1.15. The van der Waals surface area contributed by atoms with Gasteiger partial charge in [0, 0.05) is 9.58 Å². The van der Waals surface area contributed by atoms with Gasteiger partial charge in [0.2, 0.25) is 0 Å². The molecule has 0 aliphatic rings. The lowest BCUT2D eigenvalue weighted by atomic mass is 10.2. The van der Waals surface area contributed by atoms with E-state index in [0.29, 0.717) is 0 Å². The van der Waals surface area contributed by atoms with E-state index in [0.717, 1.165) is 6.42 Å². The van der Waals surface area contributed by atoms with Crippen molar-refractivity contribution in [2.75, 3.05) is 14.1 Å². The molecule has 0 amide bonds. The Morgan fingerprint density at radius 2 is 1.86 bits per heavy atom. The first-order valence-electron chi connectivity index (χ1n) is 4.87. The maximum absolute atomic E-state index is 2.75. The van der Waals surface area contributed by atoms with Crippen molar-refractivity contribution in [3.63, 3.8) is 0 Å². The highest BCUT2D eigenvalue weighted by Gasteiger charge is 1.96. The van der Waals surface area contributed by atoms with Gasteiger partial charge in [-0.2, -0.15) is 0 Å². The molecule has 1 aromatic heterocycles. The van der Waals surface area contributed by atoms with Gasteiger partial charge in [0.1, 0.15) is 0 Å². The van der Waals surface area contributed by atoms with Crippen LogP contribution in [0.2, 0.25) is 0 Å². The Hall–Kier alpha value is -0.860. The van der Waals surface area contributed by atoms with Gasteiger partial charge in [0.05, 0.1) is 0 Å². The van der Waals surface area contributed by atoms with Crippen LogP contribution in [0.4, 0.5) is 0 Å². The van der Waals surface area contributed by atoms with E-state index >= 15 is 0 Å². The first-order valence-corrected chi connectivity index (χ1v) is 5.69. The fourth-order valence-corrected chi connectivity index (χ4v) is 2.22. The third-order valence-electron chi connectivity index (χ3n) is 1.83. The van der Waals surface area contributed by atoms with Crippen LogP contribution in [0.3, 0.4) is 0 Å². The number of benzene rings is 1. The molecule has 2 heteroatoms. The fraction of sp³-hybridized carbons (Fsp3) is 0.333. The van der Waals surface area contributed by atoms with E-state index in [1.165, 1.54) is 15.0 Å². The minimum atomic E-state index is 1.15. The monoisotopic (exact) mass is 207 g/mol. The molecule has 0 aliphatic heterocycles. The van der Waals surface area contributed by atoms with Gasteiger partial charge in [-0.05, 0) is 38.0 Å². The minimum Gasteiger partial charge on any atom is -0.323 e. The number of aryl methyl sites for hydroxylation is 1. The Morgan fingerprint density at radius 3 is 2.43 bits per heavy atom. The van der Waals surface area contributed by atoms with E-state index in [-0.39, 0.29) is 0 Å². The molecule has 0 saturated carbocycles. The van der Waals surface area contributed by atoms with Gasteiger partial charge in [-0.25, -0.2) is 0 Å². The van der Waals surface area contributed by atoms with Crippen molar-refractivity contribution >= 4 is 21.4 Å². The molecule has 1 N–H and O–H groups in total. The Bertz CT molecular complexity index is 345. The van der Waals surface area contributed by atoms with E-state index in [9.17, 15) is 0 Å². The number of rotatable bonds is 1. The Labute approximate surface area is 89.8 Å². The largest absolute Gasteiger partial charge is 0.323 e. The van der Waals surface area contributed by atoms with Crippen molar-refractivity contribution in [3.05, 3.63) is 35.2 Å². The average Bonchev–Trinajstić information content (AvgIpc) is 2.61. The van der Waals surface area contributed by atoms with E-state index in [1.807, 2.05) is 25.4 Å². The van der Waals surface area contributed by atoms with Crippen LogP contribution in [-0.2, 0) is 6.42 Å². The van der Waals surface area contributed by atoms with E-state index in [2.05, 4.69) is 42.6 Å². The molecule has 0 atom stereocenters. The Balaban J connectivity index is 0.000000293. The third-order valence-corrected chi connectivity index (χ3v) is 3.09. The molecule has 0 bridgehead atoms. The van der Waals surface area contributed by atoms with Crippen molar-refractivity contribution in [3.8, 4) is 0 Å². The second-order valence-electron chi connectivity index (χ2n) is 3.10. The summed E-state index contributed by atoms with van der Waals surface area (Å²) in [6, 6.07) is 10.8. The van der Waals surface area contributed by atoms with Crippen LogP contribution in [-0.4, -0.2) is 14.1 Å². The van der Waals surface area contributed by atoms with Crippen molar-refractivity contribution < 1.29 is 0 Å². The van der Waals surface area contributed by atoms with Crippen LogP contribution in [0.25, 0.3) is 10.1 Å². The van der Waals surface area contributed by atoms with Crippen LogP contribution in [0.15, 0.2) is 30.3 Å². The second-order valence-corrected chi connectivity index (χ2v) is 4.27. The van der Waals surface area contributed by atoms with Gasteiger partial charge in [0.25, 0.3) is 0 Å². The SMILES string of the molecule is CCc1cc2ccccc2s1.CNC. The lowest BCUT2D eigenvalue weighted by molar-refractivity contribution is 1.02. The van der Waals surface area contributed by atoms with Crippen molar-refractivity contribution in [2.45, 2.75) is 13.3 Å². The standard InChI is InChI=1S/C10H10S.C2H7N/c1-2-9-7-8-5-3-4-6-10(8)11-9;1-3-2/h3-7H,2H2,1H3;3H,1-2H3. The number of nitrogens with one attached hydrogen (secondary N) is 1. The number of hydrogen-bond acceptors (Lipinski definition) is 2. The van der Waals surface area contributed by atoms with Crippen LogP contribution >= 0.6 is 11.3 Å². The molecule has 76 valence electrons. The van der Waals surface area contributed by atoms with Crippen LogP contribution < -0.4 is 5.32 Å². The number of hydrogen-bond donors (Lipinski definition) is 1. The zero-order chi connectivity index (χ0) is 10.4. The molecule has 0 aliphatic carbocycles. The van der Waals surface area contributed by atoms with E-state index in [1.54, 1.807) is 0 Å². The molecule has 1 heterocycles. The molecule has 2 aromatic rings. The maximum atomic E-state index is 2.75. The Kier molecular flexibility index (Phi) is 4.63. The summed E-state index contributed by atoms with van der Waals surface area (Å²) < 4.78 is 1.41. The van der Waals surface area contributed by atoms with Gasteiger partial charge < -0.3 is 5.32 Å². The van der Waals surface area contributed by atoms with Gasteiger partial charge in [-0.1, -0.05) is 25.1 Å². The first kappa shape index (κ1) is 11.2. The highest BCUT2D eigenvalue weighted by Crippen LogP contribution is 2.25. The van der Waals surface area contributed by atoms with Crippen LogP contribution in [0.1, 0.15) is 11.8 Å². The second kappa shape index (κ2) is 5.78. The average molecular weight is 207 g/mol. The van der Waals surface area contributed by atoms with Gasteiger partial charge in [-0.3, -0.25) is 0 Å². The summed E-state index contributed by atoms with van der Waals surface area (Å²) in [4.78, 5) is 1.48. The molecule has 0 saturated heterocycles. The van der Waals surface area contributed by atoms with E-state index in [4.69, 9.17) is 0 Å². The summed E-state index contributed by atoms with van der Waals surface area (Å²) in [5.74, 6) is 0.